The highest BCUT2D eigenvalue weighted by atomic mass is 35.5. The minimum Gasteiger partial charge on any atom is -0.380 e. The van der Waals surface area contributed by atoms with Gasteiger partial charge in [0, 0.05) is 41.7 Å². The lowest BCUT2D eigenvalue weighted by Crippen LogP contribution is -2.42. The van der Waals surface area contributed by atoms with Crippen LogP contribution in [0.3, 0.4) is 0 Å². The molecular weight excluding hydrogens is 546 g/mol. The summed E-state index contributed by atoms with van der Waals surface area (Å²) in [6.07, 6.45) is -2.21. The summed E-state index contributed by atoms with van der Waals surface area (Å²) in [5.74, 6) is -2.13. The number of hydrogen-bond donors (Lipinski definition) is 3. The minimum absolute atomic E-state index is 0.0518. The fourth-order valence-electron chi connectivity index (χ4n) is 3.81. The van der Waals surface area contributed by atoms with Crippen molar-refractivity contribution < 1.29 is 31.9 Å². The zero-order valence-electron chi connectivity index (χ0n) is 19.9. The van der Waals surface area contributed by atoms with Crippen molar-refractivity contribution in [2.24, 2.45) is 10.4 Å². The third-order valence-electron chi connectivity index (χ3n) is 5.90. The van der Waals surface area contributed by atoms with Gasteiger partial charge >= 0.3 is 6.18 Å². The fraction of sp³-hybridized carbons (Fsp3) is 0.240. The molecule has 204 valence electrons. The van der Waals surface area contributed by atoms with E-state index in [1.54, 1.807) is 0 Å². The van der Waals surface area contributed by atoms with Gasteiger partial charge in [-0.1, -0.05) is 17.7 Å². The number of aromatic nitrogens is 2. The van der Waals surface area contributed by atoms with Crippen molar-refractivity contribution in [1.29, 1.82) is 0 Å². The highest BCUT2D eigenvalue weighted by Gasteiger charge is 2.41. The van der Waals surface area contributed by atoms with E-state index < -0.39 is 40.3 Å². The highest BCUT2D eigenvalue weighted by Crippen LogP contribution is 2.38. The number of nitrogens with zero attached hydrogens (tertiary/aromatic N) is 2. The van der Waals surface area contributed by atoms with E-state index in [-0.39, 0.29) is 53.7 Å². The number of anilines is 2. The van der Waals surface area contributed by atoms with Gasteiger partial charge in [0.25, 0.3) is 11.5 Å². The van der Waals surface area contributed by atoms with Crippen molar-refractivity contribution in [3.05, 3.63) is 86.5 Å². The van der Waals surface area contributed by atoms with Crippen LogP contribution in [0.4, 0.5) is 28.9 Å². The first-order chi connectivity index (χ1) is 18.5. The fourth-order valence-corrected chi connectivity index (χ4v) is 3.98. The molecule has 9 nitrogen and oxygen atoms in total. The van der Waals surface area contributed by atoms with Gasteiger partial charge in [-0.3, -0.25) is 14.4 Å². The smallest absolute Gasteiger partial charge is 0.380 e. The molecule has 1 aliphatic rings. The molecule has 2 aromatic carbocycles. The highest BCUT2D eigenvalue weighted by molar-refractivity contribution is 6.30. The molecule has 2 amide bonds. The molecule has 0 aliphatic carbocycles. The Morgan fingerprint density at radius 1 is 1.21 bits per heavy atom. The number of H-pyrrole nitrogens is 1. The molecule has 3 N–H and O–H groups in total. The third kappa shape index (κ3) is 6.67. The molecule has 1 atom stereocenters. The van der Waals surface area contributed by atoms with Crippen molar-refractivity contribution in [2.75, 3.05) is 18.5 Å². The molecule has 14 heteroatoms. The second-order valence-electron chi connectivity index (χ2n) is 8.66. The van der Waals surface area contributed by atoms with Gasteiger partial charge in [0.2, 0.25) is 5.91 Å². The first-order valence-electron chi connectivity index (χ1n) is 11.4. The zero-order chi connectivity index (χ0) is 28.2. The maximum Gasteiger partial charge on any atom is 0.418 e. The SMILES string of the molecule is O=C(/N=C\[C@@]1(C(=O)NCc2ccc(Nc3ccc(Cl)cc3C(F)(F)F)cc2F)CCOC1)c1cn[nH]c(=O)c1. The number of aromatic amines is 1. The zero-order valence-corrected chi connectivity index (χ0v) is 20.7. The van der Waals surface area contributed by atoms with Crippen LogP contribution in [0.25, 0.3) is 0 Å². The van der Waals surface area contributed by atoms with Crippen molar-refractivity contribution >= 4 is 41.0 Å². The Kier molecular flexibility index (Phi) is 8.11. The molecule has 0 radical (unpaired) electrons. The Morgan fingerprint density at radius 3 is 2.67 bits per heavy atom. The Labute approximate surface area is 223 Å². The van der Waals surface area contributed by atoms with Crippen LogP contribution in [0.15, 0.2) is 58.4 Å². The van der Waals surface area contributed by atoms with Gasteiger partial charge in [0.05, 0.1) is 29.6 Å². The number of nitrogens with one attached hydrogen (secondary N) is 3. The van der Waals surface area contributed by atoms with Crippen LogP contribution in [-0.4, -0.2) is 41.4 Å². The molecule has 1 aromatic heterocycles. The number of rotatable bonds is 7. The number of halogens is 5. The summed E-state index contributed by atoms with van der Waals surface area (Å²) in [5, 5.41) is 10.7. The van der Waals surface area contributed by atoms with Gasteiger partial charge in [-0.2, -0.15) is 18.3 Å². The number of benzene rings is 2. The summed E-state index contributed by atoms with van der Waals surface area (Å²) >= 11 is 5.69. The van der Waals surface area contributed by atoms with Gasteiger partial charge in [-0.25, -0.2) is 14.5 Å². The maximum absolute atomic E-state index is 14.8. The van der Waals surface area contributed by atoms with E-state index in [0.717, 1.165) is 36.7 Å². The number of aliphatic imine (C=N–C) groups is 1. The summed E-state index contributed by atoms with van der Waals surface area (Å²) in [6.45, 7) is -0.0993. The average molecular weight is 566 g/mol. The van der Waals surface area contributed by atoms with E-state index in [0.29, 0.717) is 0 Å². The molecule has 4 rings (SSSR count). The van der Waals surface area contributed by atoms with Crippen LogP contribution in [0.5, 0.6) is 0 Å². The normalized spacial score (nSPS) is 17.4. The molecule has 3 aromatic rings. The van der Waals surface area contributed by atoms with Crippen LogP contribution >= 0.6 is 11.6 Å². The molecule has 1 aliphatic heterocycles. The Bertz CT molecular complexity index is 1490. The van der Waals surface area contributed by atoms with Gasteiger partial charge in [0.15, 0.2) is 0 Å². The lowest BCUT2D eigenvalue weighted by atomic mass is 9.87. The maximum atomic E-state index is 14.8. The van der Waals surface area contributed by atoms with Gasteiger partial charge in [0.1, 0.15) is 11.2 Å². The van der Waals surface area contributed by atoms with E-state index in [1.165, 1.54) is 18.2 Å². The minimum atomic E-state index is -4.68. The lowest BCUT2D eigenvalue weighted by molar-refractivity contribution is -0.137. The third-order valence-corrected chi connectivity index (χ3v) is 6.14. The summed E-state index contributed by atoms with van der Waals surface area (Å²) in [6, 6.07) is 7.87. The van der Waals surface area contributed by atoms with Crippen LogP contribution in [0.1, 0.15) is 27.9 Å². The number of carbonyl (C=O) groups is 2. The van der Waals surface area contributed by atoms with E-state index in [9.17, 15) is 31.9 Å². The summed E-state index contributed by atoms with van der Waals surface area (Å²) < 4.78 is 60.1. The Hall–Kier alpha value is -4.10. The van der Waals surface area contributed by atoms with Crippen molar-refractivity contribution in [3.8, 4) is 0 Å². The predicted molar refractivity (Wildman–Crippen MR) is 134 cm³/mol. The lowest BCUT2D eigenvalue weighted by Gasteiger charge is -2.21. The number of amides is 2. The Balaban J connectivity index is 1.44. The first kappa shape index (κ1) is 27.9. The predicted octanol–water partition coefficient (Wildman–Crippen LogP) is 4.26. The largest absolute Gasteiger partial charge is 0.418 e. The second-order valence-corrected chi connectivity index (χ2v) is 9.09. The molecule has 2 heterocycles. The molecule has 1 saturated heterocycles. The van der Waals surface area contributed by atoms with Crippen molar-refractivity contribution in [2.45, 2.75) is 19.1 Å². The summed E-state index contributed by atoms with van der Waals surface area (Å²) in [5.41, 5.74) is -3.16. The van der Waals surface area contributed by atoms with Crippen molar-refractivity contribution in [3.63, 3.8) is 0 Å². The van der Waals surface area contributed by atoms with Crippen molar-refractivity contribution in [1.82, 2.24) is 15.5 Å². The molecule has 0 bridgehead atoms. The summed E-state index contributed by atoms with van der Waals surface area (Å²) in [4.78, 5) is 40.5. The van der Waals surface area contributed by atoms with Gasteiger partial charge in [-0.05, 0) is 36.8 Å². The molecule has 1 fully saturated rings. The molecule has 0 unspecified atom stereocenters. The van der Waals surface area contributed by atoms with Crippen LogP contribution < -0.4 is 16.2 Å². The van der Waals surface area contributed by atoms with Crippen LogP contribution in [-0.2, 0) is 22.3 Å². The summed E-state index contributed by atoms with van der Waals surface area (Å²) in [7, 11) is 0. The number of carbonyl (C=O) groups excluding carboxylic acids is 2. The van der Waals surface area contributed by atoms with Gasteiger partial charge < -0.3 is 15.4 Å². The van der Waals surface area contributed by atoms with E-state index >= 15 is 0 Å². The van der Waals surface area contributed by atoms with Gasteiger partial charge in [-0.15, -0.1) is 0 Å². The molecule has 0 spiro atoms. The Morgan fingerprint density at radius 2 is 2.00 bits per heavy atom. The first-order valence-corrected chi connectivity index (χ1v) is 11.8. The quantitative estimate of drug-likeness (QED) is 0.290. The number of hydrogen-bond acceptors (Lipinski definition) is 6. The monoisotopic (exact) mass is 565 g/mol. The second kappa shape index (κ2) is 11.3. The van der Waals surface area contributed by atoms with E-state index in [1.807, 2.05) is 0 Å². The van der Waals surface area contributed by atoms with E-state index in [4.69, 9.17) is 16.3 Å². The standard InChI is InChI=1S/C25H20ClF4N5O4/c26-16-2-4-20(18(8-16)25(28,29)30)34-17-3-1-14(19(27)9-17)10-31-23(38)24(5-6-39-13-24)12-32-22(37)15-7-21(36)35-33-11-15/h1-4,7-9,11-12,34H,5-6,10,13H2,(H,31,38)(H,35,36)/b32-12-/t24-/m0/s1. The number of alkyl halides is 3. The van der Waals surface area contributed by atoms with E-state index in [2.05, 4.69) is 25.8 Å². The van der Waals surface area contributed by atoms with Crippen LogP contribution in [0, 0.1) is 11.2 Å². The average Bonchev–Trinajstić information content (AvgIpc) is 3.37. The van der Waals surface area contributed by atoms with Crippen LogP contribution in [0.2, 0.25) is 5.02 Å². The molecule has 39 heavy (non-hydrogen) atoms. The number of ether oxygens (including phenoxy) is 1. The molecule has 0 saturated carbocycles. The topological polar surface area (TPSA) is 126 Å². The molecular formula is C25H20ClF4N5O4.